The number of fused-ring (bicyclic) bond motifs is 2. The number of ether oxygens (including phenoxy) is 1. The predicted molar refractivity (Wildman–Crippen MR) is 297 cm³/mol. The minimum Gasteiger partial charge on any atom is -0.450 e. The molecule has 4 N–H and O–H groups in total. The highest BCUT2D eigenvalue weighted by molar-refractivity contribution is 5.98. The van der Waals surface area contributed by atoms with Crippen LogP contribution in [0.5, 0.6) is 0 Å². The summed E-state index contributed by atoms with van der Waals surface area (Å²) in [6.45, 7) is 18.8. The van der Waals surface area contributed by atoms with Crippen LogP contribution in [0.1, 0.15) is 119 Å². The van der Waals surface area contributed by atoms with Crippen molar-refractivity contribution in [2.24, 2.45) is 29.6 Å². The van der Waals surface area contributed by atoms with E-state index < -0.39 is 131 Å². The maximum atomic E-state index is 15.0. The molecule has 2 aliphatic rings. The van der Waals surface area contributed by atoms with E-state index in [9.17, 15) is 43.5 Å². The molecule has 12 unspecified atom stereocenters. The van der Waals surface area contributed by atoms with E-state index in [1.807, 2.05) is 77.9 Å². The maximum absolute atomic E-state index is 15.0. The Labute approximate surface area is 462 Å². The van der Waals surface area contributed by atoms with Gasteiger partial charge in [-0.2, -0.15) is 0 Å². The van der Waals surface area contributed by atoms with Crippen LogP contribution in [0, 0.1) is 29.6 Å². The third kappa shape index (κ3) is 16.1. The summed E-state index contributed by atoms with van der Waals surface area (Å²) in [6.07, 6.45) is 0.238. The molecule has 2 saturated heterocycles. The smallest absolute Gasteiger partial charge is 0.332 e. The van der Waals surface area contributed by atoms with Gasteiger partial charge in [0, 0.05) is 60.0 Å². The molecular formula is C59H90N8O11. The van der Waals surface area contributed by atoms with Gasteiger partial charge in [-0.1, -0.05) is 129 Å². The number of esters is 1. The number of nitrogens with one attached hydrogen (secondary N) is 3. The monoisotopic (exact) mass is 1090 g/mol. The van der Waals surface area contributed by atoms with Crippen LogP contribution in [0.2, 0.25) is 0 Å². The van der Waals surface area contributed by atoms with Gasteiger partial charge in [-0.3, -0.25) is 38.4 Å². The number of hydrogen-bond acceptors (Lipinski definition) is 11. The lowest BCUT2D eigenvalue weighted by molar-refractivity contribution is -0.177. The van der Waals surface area contributed by atoms with E-state index >= 15 is 4.79 Å². The van der Waals surface area contributed by atoms with E-state index in [4.69, 9.17) is 4.74 Å². The highest BCUT2D eigenvalue weighted by Gasteiger charge is 2.47. The number of likely N-dealkylation sites (N-methyl/N-ethyl adjacent to an activating group) is 4. The average molecular weight is 1090 g/mol. The number of benzene rings is 2. The van der Waals surface area contributed by atoms with Gasteiger partial charge in [0.05, 0.1) is 11.5 Å². The molecule has 0 spiro atoms. The van der Waals surface area contributed by atoms with Crippen LogP contribution < -0.4 is 16.0 Å². The van der Waals surface area contributed by atoms with Crippen LogP contribution in [-0.2, 0) is 60.7 Å². The summed E-state index contributed by atoms with van der Waals surface area (Å²) in [5, 5.41) is 20.4. The molecule has 2 aromatic carbocycles. The minimum absolute atomic E-state index is 0.00378. The van der Waals surface area contributed by atoms with Gasteiger partial charge in [-0.15, -0.1) is 0 Å². The molecule has 0 aromatic heterocycles. The van der Waals surface area contributed by atoms with Crippen molar-refractivity contribution in [3.8, 4) is 0 Å². The second-order valence-corrected chi connectivity index (χ2v) is 22.9. The van der Waals surface area contributed by atoms with Crippen molar-refractivity contribution in [1.82, 2.24) is 40.4 Å². The summed E-state index contributed by atoms with van der Waals surface area (Å²) in [4.78, 5) is 139. The van der Waals surface area contributed by atoms with Gasteiger partial charge >= 0.3 is 5.97 Å². The zero-order valence-electron chi connectivity index (χ0n) is 48.9. The molecule has 2 heterocycles. The fourth-order valence-corrected chi connectivity index (χ4v) is 10.3. The Balaban J connectivity index is 1.90. The molecule has 2 aliphatic heterocycles. The lowest BCUT2D eigenvalue weighted by Gasteiger charge is -2.39. The van der Waals surface area contributed by atoms with E-state index in [0.717, 1.165) is 15.4 Å². The number of rotatable bonds is 13. The van der Waals surface area contributed by atoms with Crippen molar-refractivity contribution in [2.75, 3.05) is 41.3 Å². The second-order valence-electron chi connectivity index (χ2n) is 22.9. The lowest BCUT2D eigenvalue weighted by atomic mass is 9.92. The summed E-state index contributed by atoms with van der Waals surface area (Å²) in [7, 11) is 5.68. The number of amides is 8. The van der Waals surface area contributed by atoms with E-state index in [-0.39, 0.29) is 44.7 Å². The van der Waals surface area contributed by atoms with Crippen molar-refractivity contribution in [2.45, 2.75) is 175 Å². The first kappa shape index (κ1) is 64.2. The standard InChI is InChI=1S/C59H90N8O11/c1-16-36(6)46-56(74)65(14)47(37(7)17-2)52(70)61-43(31-35(4)5)54(72)66(15)49(59(10,11)77)58(76)78-48(38(8)18-3)57(75)63(12)39(9)50(68)60-44(32-40-25-21-19-22-26-40)53(71)64(13)45(33-41-27-23-20-24-28-41)55(73)67-30-29-42(34-67)51(69)62-46/h19-28,35-39,42-49,77H,16-18,29-34H2,1-15H3,(H,60,68)(H,61,70)(H,62,69). The number of carbonyl (C=O) groups is 9. The number of cyclic esters (lactones) is 1. The number of aliphatic hydroxyl groups is 1. The second kappa shape index (κ2) is 28.5. The van der Waals surface area contributed by atoms with Crippen molar-refractivity contribution >= 4 is 53.2 Å². The normalized spacial score (nSPS) is 27.0. The third-order valence-electron chi connectivity index (χ3n) is 16.0. The topological polar surface area (TPSA) is 235 Å². The summed E-state index contributed by atoms with van der Waals surface area (Å²) in [6, 6.07) is 9.43. The molecule has 78 heavy (non-hydrogen) atoms. The Morgan fingerprint density at radius 2 is 1.13 bits per heavy atom. The third-order valence-corrected chi connectivity index (χ3v) is 16.0. The van der Waals surface area contributed by atoms with Crippen molar-refractivity contribution in [3.63, 3.8) is 0 Å². The molecule has 432 valence electrons. The summed E-state index contributed by atoms with van der Waals surface area (Å²) >= 11 is 0. The van der Waals surface area contributed by atoms with Crippen LogP contribution in [0.4, 0.5) is 0 Å². The first-order valence-corrected chi connectivity index (χ1v) is 27.9. The van der Waals surface area contributed by atoms with E-state index in [2.05, 4.69) is 16.0 Å². The predicted octanol–water partition coefficient (Wildman–Crippen LogP) is 3.98. The van der Waals surface area contributed by atoms with E-state index in [1.165, 1.54) is 58.8 Å². The first-order valence-electron chi connectivity index (χ1n) is 27.9. The summed E-state index contributed by atoms with van der Waals surface area (Å²) in [5.41, 5.74) is -0.503. The highest BCUT2D eigenvalue weighted by atomic mass is 16.6. The molecule has 0 aliphatic carbocycles. The molecule has 2 fully saturated rings. The maximum Gasteiger partial charge on any atom is 0.332 e. The molecule has 12 atom stereocenters. The Morgan fingerprint density at radius 1 is 0.603 bits per heavy atom. The van der Waals surface area contributed by atoms with Gasteiger partial charge in [-0.05, 0) is 68.9 Å². The van der Waals surface area contributed by atoms with Crippen molar-refractivity contribution in [3.05, 3.63) is 71.8 Å². The molecular weight excluding hydrogens is 997 g/mol. The minimum atomic E-state index is -1.97. The van der Waals surface area contributed by atoms with Gasteiger partial charge in [0.2, 0.25) is 41.4 Å². The molecule has 19 nitrogen and oxygen atoms in total. The van der Waals surface area contributed by atoms with Gasteiger partial charge in [0.25, 0.3) is 5.91 Å². The van der Waals surface area contributed by atoms with Crippen molar-refractivity contribution in [1.29, 1.82) is 0 Å². The van der Waals surface area contributed by atoms with Gasteiger partial charge < -0.3 is 50.3 Å². The van der Waals surface area contributed by atoms with Gasteiger partial charge in [-0.25, -0.2) is 4.79 Å². The quantitative estimate of drug-likeness (QED) is 0.210. The Morgan fingerprint density at radius 3 is 1.65 bits per heavy atom. The van der Waals surface area contributed by atoms with Crippen LogP contribution in [0.3, 0.4) is 0 Å². The number of carbonyl (C=O) groups excluding carboxylic acids is 9. The van der Waals surface area contributed by atoms with Gasteiger partial charge in [0.15, 0.2) is 12.1 Å². The molecule has 0 radical (unpaired) electrons. The van der Waals surface area contributed by atoms with E-state index in [0.29, 0.717) is 24.8 Å². The van der Waals surface area contributed by atoms with E-state index in [1.54, 1.807) is 43.0 Å². The molecule has 19 heteroatoms. The van der Waals surface area contributed by atoms with Crippen LogP contribution in [-0.4, -0.2) is 178 Å². The van der Waals surface area contributed by atoms with Crippen LogP contribution >= 0.6 is 0 Å². The zero-order chi connectivity index (χ0) is 58.5. The highest BCUT2D eigenvalue weighted by Crippen LogP contribution is 2.27. The SMILES string of the molecule is CCC(C)C1NC(=O)C2CCN(C2)C(=O)C(Cc2ccccc2)N(C)C(=O)C(Cc2ccccc2)NC(=O)C(C)N(C)C(=O)C(C(C)CC)OC(=O)C(C(C)(C)O)N(C)C(=O)C(CC(C)C)NC(=O)C(C(C)CC)N(C)C1=O. The Kier molecular flexibility index (Phi) is 23.4. The Hall–Kier alpha value is -6.37. The van der Waals surface area contributed by atoms with Crippen LogP contribution in [0.15, 0.2) is 60.7 Å². The summed E-state index contributed by atoms with van der Waals surface area (Å²) in [5.74, 6) is -8.37. The van der Waals surface area contributed by atoms with Crippen LogP contribution in [0.25, 0.3) is 0 Å². The molecule has 2 bridgehead atoms. The molecule has 0 saturated carbocycles. The number of hydrogen-bond donors (Lipinski definition) is 4. The Bertz CT molecular complexity index is 2400. The zero-order valence-corrected chi connectivity index (χ0v) is 48.9. The number of nitrogens with zero attached hydrogens (tertiary/aromatic N) is 5. The lowest BCUT2D eigenvalue weighted by Crippen LogP contribution is -2.63. The molecule has 8 amide bonds. The molecule has 4 rings (SSSR count). The first-order chi connectivity index (χ1) is 36.6. The molecule has 2 aromatic rings. The average Bonchev–Trinajstić information content (AvgIpc) is 3.92. The fourth-order valence-electron chi connectivity index (χ4n) is 10.3. The largest absolute Gasteiger partial charge is 0.450 e. The van der Waals surface area contributed by atoms with Crippen molar-refractivity contribution < 1.29 is 53.0 Å². The van der Waals surface area contributed by atoms with Gasteiger partial charge in [0.1, 0.15) is 36.3 Å². The summed E-state index contributed by atoms with van der Waals surface area (Å²) < 4.78 is 6.03. The fraction of sp³-hybridized carbons (Fsp3) is 0.644.